The van der Waals surface area contributed by atoms with Crippen molar-refractivity contribution in [1.82, 2.24) is 0 Å². The maximum atomic E-state index is 10.7. The molecule has 0 aliphatic rings. The molecule has 14 heavy (non-hydrogen) atoms. The Bertz CT molecular complexity index is 365. The van der Waals surface area contributed by atoms with E-state index in [0.29, 0.717) is 11.3 Å². The second-order valence-electron chi connectivity index (χ2n) is 2.80. The fraction of sp³-hybridized carbons (Fsp3) is 0.200. The summed E-state index contributed by atoms with van der Waals surface area (Å²) in [5.74, 6) is 0.00431. The Hall–Kier alpha value is -2.02. The molecule has 0 aromatic heterocycles. The van der Waals surface area contributed by atoms with E-state index in [-0.39, 0.29) is 0 Å². The summed E-state index contributed by atoms with van der Waals surface area (Å²) in [6, 6.07) is 8.46. The number of ether oxygens (including phenoxy) is 1. The van der Waals surface area contributed by atoms with Gasteiger partial charge in [-0.3, -0.25) is 4.79 Å². The average molecular weight is 190 g/mol. The smallest absolute Gasteiger partial charge is 0.258 e. The Balaban J connectivity index is 2.70. The minimum Gasteiger partial charge on any atom is -0.481 e. The molecule has 1 atom stereocenters. The first kappa shape index (κ1) is 10.1. The maximum Gasteiger partial charge on any atom is 0.258 e. The standard InChI is InChI=1S/C10H10N2O2/c1-7(10(12)13)14-9-4-2-8(6-11)3-5-9/h2-5,7H,1H3,(H2,12,13). The minimum absolute atomic E-state index is 0.519. The van der Waals surface area contributed by atoms with Crippen LogP contribution >= 0.6 is 0 Å². The second kappa shape index (κ2) is 4.28. The first-order chi connectivity index (χ1) is 6.63. The number of carbonyl (C=O) groups is 1. The minimum atomic E-state index is -0.664. The lowest BCUT2D eigenvalue weighted by Crippen LogP contribution is -2.30. The molecule has 1 rings (SSSR count). The summed E-state index contributed by atoms with van der Waals surface area (Å²) in [6.07, 6.45) is -0.664. The second-order valence-corrected chi connectivity index (χ2v) is 2.80. The quantitative estimate of drug-likeness (QED) is 0.766. The van der Waals surface area contributed by atoms with E-state index in [1.807, 2.05) is 6.07 Å². The van der Waals surface area contributed by atoms with Gasteiger partial charge in [0.1, 0.15) is 5.75 Å². The number of carbonyl (C=O) groups excluding carboxylic acids is 1. The van der Waals surface area contributed by atoms with Gasteiger partial charge in [0.05, 0.1) is 11.6 Å². The molecule has 1 aromatic carbocycles. The first-order valence-corrected chi connectivity index (χ1v) is 4.09. The van der Waals surface area contributed by atoms with Crippen LogP contribution in [0.15, 0.2) is 24.3 Å². The number of hydrogen-bond acceptors (Lipinski definition) is 3. The van der Waals surface area contributed by atoms with Crippen LogP contribution in [0.25, 0.3) is 0 Å². The van der Waals surface area contributed by atoms with Crippen LogP contribution in [0.3, 0.4) is 0 Å². The van der Waals surface area contributed by atoms with Gasteiger partial charge >= 0.3 is 0 Å². The van der Waals surface area contributed by atoms with Crippen molar-refractivity contribution in [3.63, 3.8) is 0 Å². The Kier molecular flexibility index (Phi) is 3.08. The molecule has 1 amide bonds. The Morgan fingerprint density at radius 3 is 2.50 bits per heavy atom. The zero-order chi connectivity index (χ0) is 10.6. The van der Waals surface area contributed by atoms with Gasteiger partial charge in [0.15, 0.2) is 6.10 Å². The number of benzene rings is 1. The van der Waals surface area contributed by atoms with Crippen molar-refractivity contribution in [2.75, 3.05) is 0 Å². The monoisotopic (exact) mass is 190 g/mol. The molecule has 72 valence electrons. The van der Waals surface area contributed by atoms with E-state index in [9.17, 15) is 4.79 Å². The third-order valence-electron chi connectivity index (χ3n) is 1.70. The van der Waals surface area contributed by atoms with Gasteiger partial charge in [-0.1, -0.05) is 0 Å². The van der Waals surface area contributed by atoms with Crippen LogP contribution in [0, 0.1) is 11.3 Å². The van der Waals surface area contributed by atoms with Crippen LogP contribution in [0.4, 0.5) is 0 Å². The van der Waals surface area contributed by atoms with Gasteiger partial charge in [-0.25, -0.2) is 0 Å². The zero-order valence-corrected chi connectivity index (χ0v) is 7.73. The molecule has 4 nitrogen and oxygen atoms in total. The van der Waals surface area contributed by atoms with E-state index in [2.05, 4.69) is 0 Å². The number of hydrogen-bond donors (Lipinski definition) is 1. The summed E-state index contributed by atoms with van der Waals surface area (Å²) in [5.41, 5.74) is 5.57. The SMILES string of the molecule is CC(Oc1ccc(C#N)cc1)C(N)=O. The van der Waals surface area contributed by atoms with E-state index in [1.165, 1.54) is 0 Å². The molecule has 0 fully saturated rings. The molecule has 0 bridgehead atoms. The van der Waals surface area contributed by atoms with Crippen LogP contribution < -0.4 is 10.5 Å². The first-order valence-electron chi connectivity index (χ1n) is 4.09. The fourth-order valence-electron chi connectivity index (χ4n) is 0.870. The number of nitrogens with two attached hydrogens (primary N) is 1. The van der Waals surface area contributed by atoms with Gasteiger partial charge < -0.3 is 10.5 Å². The van der Waals surface area contributed by atoms with Crippen LogP contribution in [0.2, 0.25) is 0 Å². The molecule has 4 heteroatoms. The highest BCUT2D eigenvalue weighted by molar-refractivity contribution is 5.78. The summed E-state index contributed by atoms with van der Waals surface area (Å²) >= 11 is 0. The van der Waals surface area contributed by atoms with Crippen LogP contribution in [0.5, 0.6) is 5.75 Å². The molecular weight excluding hydrogens is 180 g/mol. The van der Waals surface area contributed by atoms with Gasteiger partial charge in [0, 0.05) is 0 Å². The zero-order valence-electron chi connectivity index (χ0n) is 7.73. The lowest BCUT2D eigenvalue weighted by Gasteiger charge is -2.10. The van der Waals surface area contributed by atoms with Crippen LogP contribution in [0.1, 0.15) is 12.5 Å². The number of amides is 1. The summed E-state index contributed by atoms with van der Waals surface area (Å²) in [5, 5.41) is 8.53. The number of primary amides is 1. The van der Waals surface area contributed by atoms with E-state index < -0.39 is 12.0 Å². The normalized spacial score (nSPS) is 11.4. The topological polar surface area (TPSA) is 76.1 Å². The van der Waals surface area contributed by atoms with Crippen molar-refractivity contribution in [1.29, 1.82) is 5.26 Å². The predicted octanol–water partition coefficient (Wildman–Crippen LogP) is 0.811. The molecule has 0 aliphatic carbocycles. The molecule has 2 N–H and O–H groups in total. The highest BCUT2D eigenvalue weighted by Crippen LogP contribution is 2.12. The fourth-order valence-corrected chi connectivity index (χ4v) is 0.870. The van der Waals surface area contributed by atoms with E-state index in [0.717, 1.165) is 0 Å². The van der Waals surface area contributed by atoms with Crippen molar-refractivity contribution < 1.29 is 9.53 Å². The summed E-state index contributed by atoms with van der Waals surface area (Å²) in [6.45, 7) is 1.57. The van der Waals surface area contributed by atoms with Crippen molar-refractivity contribution in [3.8, 4) is 11.8 Å². The average Bonchev–Trinajstić information content (AvgIpc) is 2.19. The van der Waals surface area contributed by atoms with Gasteiger partial charge in [-0.2, -0.15) is 5.26 Å². The Morgan fingerprint density at radius 1 is 1.50 bits per heavy atom. The molecule has 0 radical (unpaired) electrons. The molecule has 0 heterocycles. The van der Waals surface area contributed by atoms with Crippen molar-refractivity contribution in [2.45, 2.75) is 13.0 Å². The summed E-state index contributed by atoms with van der Waals surface area (Å²) in [7, 11) is 0. The van der Waals surface area contributed by atoms with Gasteiger partial charge in [0.25, 0.3) is 5.91 Å². The molecule has 0 saturated carbocycles. The van der Waals surface area contributed by atoms with Crippen molar-refractivity contribution in [2.24, 2.45) is 5.73 Å². The molecule has 0 aliphatic heterocycles. The van der Waals surface area contributed by atoms with E-state index in [4.69, 9.17) is 15.7 Å². The number of nitrogens with zero attached hydrogens (tertiary/aromatic N) is 1. The molecule has 0 saturated heterocycles. The largest absolute Gasteiger partial charge is 0.481 e. The van der Waals surface area contributed by atoms with E-state index in [1.54, 1.807) is 31.2 Å². The lowest BCUT2D eigenvalue weighted by atomic mass is 10.2. The van der Waals surface area contributed by atoms with Crippen molar-refractivity contribution in [3.05, 3.63) is 29.8 Å². The third kappa shape index (κ3) is 2.49. The highest BCUT2D eigenvalue weighted by Gasteiger charge is 2.09. The van der Waals surface area contributed by atoms with E-state index >= 15 is 0 Å². The van der Waals surface area contributed by atoms with Crippen LogP contribution in [-0.2, 0) is 4.79 Å². The molecule has 0 spiro atoms. The Labute approximate surface area is 81.9 Å². The van der Waals surface area contributed by atoms with Crippen LogP contribution in [-0.4, -0.2) is 12.0 Å². The predicted molar refractivity (Wildman–Crippen MR) is 50.4 cm³/mol. The summed E-state index contributed by atoms with van der Waals surface area (Å²) < 4.78 is 5.19. The number of nitriles is 1. The molecule has 1 unspecified atom stereocenters. The number of rotatable bonds is 3. The Morgan fingerprint density at radius 2 is 2.07 bits per heavy atom. The maximum absolute atomic E-state index is 10.7. The van der Waals surface area contributed by atoms with Gasteiger partial charge in [0.2, 0.25) is 0 Å². The summed E-state index contributed by atoms with van der Waals surface area (Å²) in [4.78, 5) is 10.7. The third-order valence-corrected chi connectivity index (χ3v) is 1.70. The van der Waals surface area contributed by atoms with Gasteiger partial charge in [-0.05, 0) is 31.2 Å². The molecular formula is C10H10N2O2. The van der Waals surface area contributed by atoms with Crippen molar-refractivity contribution >= 4 is 5.91 Å². The highest BCUT2D eigenvalue weighted by atomic mass is 16.5. The lowest BCUT2D eigenvalue weighted by molar-refractivity contribution is -0.123. The molecule has 1 aromatic rings. The van der Waals surface area contributed by atoms with Gasteiger partial charge in [-0.15, -0.1) is 0 Å².